The van der Waals surface area contributed by atoms with Gasteiger partial charge in [-0.25, -0.2) is 8.42 Å². The minimum Gasteiger partial charge on any atom is -0.356 e. The molecular formula is C22H26N2O4S. The lowest BCUT2D eigenvalue weighted by Crippen LogP contribution is -2.31. The molecule has 0 radical (unpaired) electrons. The average molecular weight is 415 g/mol. The summed E-state index contributed by atoms with van der Waals surface area (Å²) in [7, 11) is -3.63. The van der Waals surface area contributed by atoms with E-state index in [-0.39, 0.29) is 23.1 Å². The molecule has 0 aliphatic carbocycles. The molecule has 1 aliphatic rings. The van der Waals surface area contributed by atoms with E-state index in [0.717, 1.165) is 16.8 Å². The molecule has 2 aromatic carbocycles. The Kier molecular flexibility index (Phi) is 6.37. The molecule has 1 atom stereocenters. The van der Waals surface area contributed by atoms with Gasteiger partial charge in [-0.3, -0.25) is 9.59 Å². The normalized spacial score (nSPS) is 14.3. The molecule has 0 saturated carbocycles. The zero-order valence-corrected chi connectivity index (χ0v) is 17.5. The van der Waals surface area contributed by atoms with Crippen LogP contribution >= 0.6 is 0 Å². The van der Waals surface area contributed by atoms with Crippen LogP contribution in [0.25, 0.3) is 0 Å². The molecule has 0 spiro atoms. The maximum Gasteiger partial charge on any atom is 0.223 e. The monoisotopic (exact) mass is 414 g/mol. The molecule has 2 aromatic rings. The van der Waals surface area contributed by atoms with Crippen LogP contribution in [0.1, 0.15) is 31.4 Å². The van der Waals surface area contributed by atoms with E-state index in [9.17, 15) is 18.0 Å². The number of hydrogen-bond acceptors (Lipinski definition) is 4. The molecule has 1 heterocycles. The Hall–Kier alpha value is -2.67. The Balaban J connectivity index is 1.60. The van der Waals surface area contributed by atoms with Gasteiger partial charge in [-0.1, -0.05) is 30.3 Å². The van der Waals surface area contributed by atoms with E-state index in [1.807, 2.05) is 30.3 Å². The summed E-state index contributed by atoms with van der Waals surface area (Å²) >= 11 is 0. The van der Waals surface area contributed by atoms with E-state index in [4.69, 9.17) is 0 Å². The first-order valence-electron chi connectivity index (χ1n) is 9.74. The maximum atomic E-state index is 12.9. The molecular weight excluding hydrogens is 388 g/mol. The van der Waals surface area contributed by atoms with Crippen molar-refractivity contribution in [3.8, 4) is 0 Å². The van der Waals surface area contributed by atoms with Crippen molar-refractivity contribution in [1.82, 2.24) is 5.32 Å². The van der Waals surface area contributed by atoms with Gasteiger partial charge in [-0.05, 0) is 49.1 Å². The van der Waals surface area contributed by atoms with Crippen LogP contribution in [0.4, 0.5) is 5.69 Å². The molecule has 0 fully saturated rings. The molecule has 1 aliphatic heterocycles. The largest absolute Gasteiger partial charge is 0.356 e. The molecule has 154 valence electrons. The first-order chi connectivity index (χ1) is 13.8. The zero-order valence-electron chi connectivity index (χ0n) is 16.7. The van der Waals surface area contributed by atoms with Crippen LogP contribution in [0.15, 0.2) is 53.4 Å². The van der Waals surface area contributed by atoms with Crippen molar-refractivity contribution in [2.75, 3.05) is 18.0 Å². The Morgan fingerprint density at radius 3 is 2.55 bits per heavy atom. The Bertz CT molecular complexity index is 1000. The molecule has 2 amide bonds. The fourth-order valence-electron chi connectivity index (χ4n) is 3.55. The van der Waals surface area contributed by atoms with Gasteiger partial charge in [0.15, 0.2) is 9.84 Å². The highest BCUT2D eigenvalue weighted by Crippen LogP contribution is 2.31. The summed E-state index contributed by atoms with van der Waals surface area (Å²) in [6, 6.07) is 14.6. The van der Waals surface area contributed by atoms with Gasteiger partial charge >= 0.3 is 0 Å². The highest BCUT2D eigenvalue weighted by atomic mass is 32.2. The number of amides is 2. The molecule has 0 saturated heterocycles. The summed E-state index contributed by atoms with van der Waals surface area (Å²) in [6.45, 7) is 4.09. The lowest BCUT2D eigenvalue weighted by molar-refractivity contribution is -0.121. The van der Waals surface area contributed by atoms with Crippen molar-refractivity contribution in [3.05, 3.63) is 59.7 Å². The fourth-order valence-corrected chi connectivity index (χ4v) is 4.95. The molecule has 7 heteroatoms. The van der Waals surface area contributed by atoms with E-state index in [1.54, 1.807) is 24.0 Å². The second kappa shape index (κ2) is 8.78. The Morgan fingerprint density at radius 1 is 1.14 bits per heavy atom. The number of sulfone groups is 1. The summed E-state index contributed by atoms with van der Waals surface area (Å²) < 4.78 is 25.8. The third kappa shape index (κ3) is 4.85. The number of nitrogens with one attached hydrogen (secondary N) is 1. The van der Waals surface area contributed by atoms with Gasteiger partial charge in [-0.2, -0.15) is 0 Å². The molecule has 3 rings (SSSR count). The van der Waals surface area contributed by atoms with Crippen LogP contribution in [-0.4, -0.2) is 38.6 Å². The van der Waals surface area contributed by atoms with Gasteiger partial charge in [0.05, 0.1) is 10.1 Å². The number of hydrogen-bond donors (Lipinski definition) is 1. The quantitative estimate of drug-likeness (QED) is 0.755. The smallest absolute Gasteiger partial charge is 0.223 e. The molecule has 1 N–H and O–H groups in total. The molecule has 0 unspecified atom stereocenters. The van der Waals surface area contributed by atoms with Crippen molar-refractivity contribution >= 4 is 27.3 Å². The summed E-state index contributed by atoms with van der Waals surface area (Å²) in [5.74, 6) is -0.333. The molecule has 0 bridgehead atoms. The Labute approximate surface area is 171 Å². The van der Waals surface area contributed by atoms with Crippen LogP contribution in [0, 0.1) is 0 Å². The summed E-state index contributed by atoms with van der Waals surface area (Å²) in [5.41, 5.74) is 2.73. The molecule has 29 heavy (non-hydrogen) atoms. The number of fused-ring (bicyclic) bond motifs is 1. The lowest BCUT2D eigenvalue weighted by Gasteiger charge is -2.16. The summed E-state index contributed by atoms with van der Waals surface area (Å²) in [4.78, 5) is 25.7. The number of nitrogens with zero attached hydrogens (tertiary/aromatic N) is 1. The predicted octanol–water partition coefficient (Wildman–Crippen LogP) is 2.51. The summed E-state index contributed by atoms with van der Waals surface area (Å²) in [5, 5.41) is 1.97. The molecule has 0 aromatic heterocycles. The van der Waals surface area contributed by atoms with Gasteiger partial charge < -0.3 is 10.2 Å². The van der Waals surface area contributed by atoms with Crippen molar-refractivity contribution < 1.29 is 18.0 Å². The number of carbonyl (C=O) groups is 2. The van der Waals surface area contributed by atoms with Crippen molar-refractivity contribution in [1.29, 1.82) is 0 Å². The standard InChI is InChI=1S/C22H26N2O4S/c1-16(14-22(26)23-12-10-18-6-4-3-5-7-18)29(27,28)20-8-9-21-19(15-20)11-13-24(21)17(2)25/h3-9,15-16H,10-14H2,1-2H3,(H,23,26)/t16-/m0/s1. The minimum absolute atomic E-state index is 0.0556. The second-order valence-electron chi connectivity index (χ2n) is 7.36. The van der Waals surface area contributed by atoms with Crippen LogP contribution in [-0.2, 0) is 32.3 Å². The van der Waals surface area contributed by atoms with Crippen molar-refractivity contribution in [2.24, 2.45) is 0 Å². The number of benzene rings is 2. The third-order valence-corrected chi connectivity index (χ3v) is 7.37. The van der Waals surface area contributed by atoms with E-state index in [1.165, 1.54) is 13.0 Å². The van der Waals surface area contributed by atoms with E-state index in [2.05, 4.69) is 5.32 Å². The van der Waals surface area contributed by atoms with E-state index in [0.29, 0.717) is 25.9 Å². The van der Waals surface area contributed by atoms with Crippen LogP contribution < -0.4 is 10.2 Å². The topological polar surface area (TPSA) is 83.6 Å². The maximum absolute atomic E-state index is 12.9. The second-order valence-corrected chi connectivity index (χ2v) is 9.72. The number of anilines is 1. The van der Waals surface area contributed by atoms with Gasteiger partial charge in [0, 0.05) is 32.1 Å². The van der Waals surface area contributed by atoms with Crippen molar-refractivity contribution in [3.63, 3.8) is 0 Å². The Morgan fingerprint density at radius 2 is 1.86 bits per heavy atom. The van der Waals surface area contributed by atoms with Crippen LogP contribution in [0.5, 0.6) is 0 Å². The first-order valence-corrected chi connectivity index (χ1v) is 11.3. The first kappa shape index (κ1) is 21.0. The SMILES string of the molecule is CC(=O)N1CCc2cc(S(=O)(=O)[C@@H](C)CC(=O)NCCc3ccccc3)ccc21. The summed E-state index contributed by atoms with van der Waals surface area (Å²) in [6.07, 6.45) is 1.24. The van der Waals surface area contributed by atoms with Crippen LogP contribution in [0.3, 0.4) is 0 Å². The molecule has 6 nitrogen and oxygen atoms in total. The number of carbonyl (C=O) groups excluding carboxylic acids is 2. The van der Waals surface area contributed by atoms with Gasteiger partial charge in [0.25, 0.3) is 0 Å². The third-order valence-electron chi connectivity index (χ3n) is 5.24. The van der Waals surface area contributed by atoms with Crippen LogP contribution in [0.2, 0.25) is 0 Å². The van der Waals surface area contributed by atoms with E-state index < -0.39 is 15.1 Å². The highest BCUT2D eigenvalue weighted by molar-refractivity contribution is 7.92. The van der Waals surface area contributed by atoms with Crippen molar-refractivity contribution in [2.45, 2.75) is 43.3 Å². The van der Waals surface area contributed by atoms with Gasteiger partial charge in [-0.15, -0.1) is 0 Å². The fraction of sp³-hybridized carbons (Fsp3) is 0.364. The van der Waals surface area contributed by atoms with Gasteiger partial charge in [0.2, 0.25) is 11.8 Å². The zero-order chi connectivity index (χ0) is 21.0. The predicted molar refractivity (Wildman–Crippen MR) is 113 cm³/mol. The lowest BCUT2D eigenvalue weighted by atomic mass is 10.1. The number of rotatable bonds is 7. The highest BCUT2D eigenvalue weighted by Gasteiger charge is 2.29. The van der Waals surface area contributed by atoms with E-state index >= 15 is 0 Å². The average Bonchev–Trinajstić information content (AvgIpc) is 3.12. The van der Waals surface area contributed by atoms with Gasteiger partial charge in [0.1, 0.15) is 0 Å². The minimum atomic E-state index is -3.63.